The summed E-state index contributed by atoms with van der Waals surface area (Å²) in [6, 6.07) is 14.0. The number of carbonyl (C=O) groups is 1. The van der Waals surface area contributed by atoms with Gasteiger partial charge in [-0.1, -0.05) is 36.4 Å². The molecule has 0 saturated heterocycles. The molecule has 1 aliphatic rings. The van der Waals surface area contributed by atoms with Crippen LogP contribution in [-0.2, 0) is 11.2 Å². The molecule has 0 N–H and O–H groups in total. The third kappa shape index (κ3) is 3.39. The van der Waals surface area contributed by atoms with Crippen LogP contribution < -0.4 is 4.90 Å². The highest BCUT2D eigenvalue weighted by Gasteiger charge is 2.32. The summed E-state index contributed by atoms with van der Waals surface area (Å²) in [5, 5.41) is 11.1. The van der Waals surface area contributed by atoms with Gasteiger partial charge in [-0.2, -0.15) is 0 Å². The highest BCUT2D eigenvalue weighted by molar-refractivity contribution is 5.99. The Balaban J connectivity index is 2.00. The SMILES string of the molecule is CN(C)C(C(=O)N1CCCc2ccc([N+](=O)[O-])cc21)c1ccccc1. The number of nitrogens with zero attached hydrogens (tertiary/aromatic N) is 3. The van der Waals surface area contributed by atoms with Gasteiger partial charge in [0.25, 0.3) is 5.69 Å². The second-order valence-corrected chi connectivity index (χ2v) is 6.44. The van der Waals surface area contributed by atoms with Crippen molar-refractivity contribution in [3.8, 4) is 0 Å². The van der Waals surface area contributed by atoms with Gasteiger partial charge in [0.15, 0.2) is 0 Å². The van der Waals surface area contributed by atoms with Gasteiger partial charge in [0.05, 0.1) is 10.6 Å². The van der Waals surface area contributed by atoms with Gasteiger partial charge in [0.2, 0.25) is 5.91 Å². The van der Waals surface area contributed by atoms with E-state index in [0.29, 0.717) is 12.2 Å². The van der Waals surface area contributed by atoms with Crippen molar-refractivity contribution < 1.29 is 9.72 Å². The Bertz CT molecular complexity index is 790. The normalized spacial score (nSPS) is 14.9. The molecule has 0 spiro atoms. The molecule has 25 heavy (non-hydrogen) atoms. The molecule has 6 nitrogen and oxygen atoms in total. The van der Waals surface area contributed by atoms with Crippen LogP contribution in [0.25, 0.3) is 0 Å². The van der Waals surface area contributed by atoms with E-state index in [9.17, 15) is 14.9 Å². The minimum Gasteiger partial charge on any atom is -0.310 e. The van der Waals surface area contributed by atoms with Crippen LogP contribution in [0, 0.1) is 10.1 Å². The van der Waals surface area contributed by atoms with Crippen molar-refractivity contribution >= 4 is 17.3 Å². The number of hydrogen-bond acceptors (Lipinski definition) is 4. The van der Waals surface area contributed by atoms with Crippen molar-refractivity contribution in [2.75, 3.05) is 25.5 Å². The number of benzene rings is 2. The largest absolute Gasteiger partial charge is 0.310 e. The highest BCUT2D eigenvalue weighted by atomic mass is 16.6. The zero-order valence-electron chi connectivity index (χ0n) is 14.4. The number of anilines is 1. The fourth-order valence-electron chi connectivity index (χ4n) is 3.35. The molecule has 130 valence electrons. The number of non-ortho nitro benzene ring substituents is 1. The van der Waals surface area contributed by atoms with Crippen LogP contribution in [0.3, 0.4) is 0 Å². The summed E-state index contributed by atoms with van der Waals surface area (Å²) in [4.78, 5) is 27.6. The van der Waals surface area contributed by atoms with Crippen molar-refractivity contribution in [1.29, 1.82) is 0 Å². The Labute approximate surface area is 146 Å². The zero-order valence-corrected chi connectivity index (χ0v) is 14.4. The maximum Gasteiger partial charge on any atom is 0.271 e. The third-order valence-electron chi connectivity index (χ3n) is 4.53. The van der Waals surface area contributed by atoms with Gasteiger partial charge in [-0.3, -0.25) is 19.8 Å². The number of carbonyl (C=O) groups excluding carboxylic acids is 1. The fourth-order valence-corrected chi connectivity index (χ4v) is 3.35. The fraction of sp³-hybridized carbons (Fsp3) is 0.316. The summed E-state index contributed by atoms with van der Waals surface area (Å²) in [5.74, 6) is -0.0577. The molecule has 6 heteroatoms. The summed E-state index contributed by atoms with van der Waals surface area (Å²) < 4.78 is 0. The number of fused-ring (bicyclic) bond motifs is 1. The molecule has 0 bridgehead atoms. The molecule has 2 aromatic carbocycles. The van der Waals surface area contributed by atoms with E-state index in [2.05, 4.69) is 0 Å². The molecule has 0 fully saturated rings. The van der Waals surface area contributed by atoms with E-state index >= 15 is 0 Å². The van der Waals surface area contributed by atoms with Gasteiger partial charge in [-0.05, 0) is 38.1 Å². The Hall–Kier alpha value is -2.73. The van der Waals surface area contributed by atoms with Gasteiger partial charge in [0, 0.05) is 18.7 Å². The summed E-state index contributed by atoms with van der Waals surface area (Å²) in [5.41, 5.74) is 2.57. The lowest BCUT2D eigenvalue weighted by Gasteiger charge is -2.34. The van der Waals surface area contributed by atoms with Crippen LogP contribution >= 0.6 is 0 Å². The van der Waals surface area contributed by atoms with Crippen molar-refractivity contribution in [3.05, 3.63) is 69.8 Å². The predicted molar refractivity (Wildman–Crippen MR) is 96.6 cm³/mol. The minimum absolute atomic E-state index is 0.0135. The Morgan fingerprint density at radius 1 is 1.20 bits per heavy atom. The topological polar surface area (TPSA) is 66.7 Å². The van der Waals surface area contributed by atoms with Crippen LogP contribution in [0.2, 0.25) is 0 Å². The number of likely N-dealkylation sites (N-methyl/N-ethyl adjacent to an activating group) is 1. The first-order valence-electron chi connectivity index (χ1n) is 8.29. The van der Waals surface area contributed by atoms with Gasteiger partial charge in [0.1, 0.15) is 6.04 Å². The lowest BCUT2D eigenvalue weighted by molar-refractivity contribution is -0.384. The average molecular weight is 339 g/mol. The van der Waals surface area contributed by atoms with Crippen LogP contribution in [0.1, 0.15) is 23.6 Å². The molecule has 1 aliphatic heterocycles. The Kier molecular flexibility index (Phi) is 4.81. The van der Waals surface area contributed by atoms with Crippen LogP contribution in [0.4, 0.5) is 11.4 Å². The predicted octanol–water partition coefficient (Wildman–Crippen LogP) is 3.18. The van der Waals surface area contributed by atoms with E-state index in [1.165, 1.54) is 12.1 Å². The minimum atomic E-state index is -0.425. The van der Waals surface area contributed by atoms with Gasteiger partial charge < -0.3 is 4.90 Å². The van der Waals surface area contributed by atoms with E-state index in [1.54, 1.807) is 11.0 Å². The first kappa shape index (κ1) is 17.1. The molecule has 2 aromatic rings. The number of amides is 1. The van der Waals surface area contributed by atoms with Gasteiger partial charge in [-0.15, -0.1) is 0 Å². The Morgan fingerprint density at radius 3 is 2.56 bits per heavy atom. The number of aryl methyl sites for hydroxylation is 1. The van der Waals surface area contributed by atoms with Crippen molar-refractivity contribution in [2.45, 2.75) is 18.9 Å². The molecule has 0 aromatic heterocycles. The highest BCUT2D eigenvalue weighted by Crippen LogP contribution is 2.33. The molecule has 0 saturated carbocycles. The molecule has 1 heterocycles. The second-order valence-electron chi connectivity index (χ2n) is 6.44. The monoisotopic (exact) mass is 339 g/mol. The average Bonchev–Trinajstić information content (AvgIpc) is 2.61. The standard InChI is InChI=1S/C19H21N3O3/c1-20(2)18(15-7-4-3-5-8-15)19(23)21-12-6-9-14-10-11-16(22(24)25)13-17(14)21/h3-5,7-8,10-11,13,18H,6,9,12H2,1-2H3. The first-order chi connectivity index (χ1) is 12.0. The smallest absolute Gasteiger partial charge is 0.271 e. The van der Waals surface area contributed by atoms with E-state index in [0.717, 1.165) is 24.0 Å². The summed E-state index contributed by atoms with van der Waals surface area (Å²) in [6.07, 6.45) is 1.68. The van der Waals surface area contributed by atoms with Gasteiger partial charge in [-0.25, -0.2) is 0 Å². The Morgan fingerprint density at radius 2 is 1.92 bits per heavy atom. The van der Waals surface area contributed by atoms with Crippen LogP contribution in [0.5, 0.6) is 0 Å². The van der Waals surface area contributed by atoms with Crippen LogP contribution in [0.15, 0.2) is 48.5 Å². The number of nitro groups is 1. The van der Waals surface area contributed by atoms with Crippen molar-refractivity contribution in [1.82, 2.24) is 4.90 Å². The lowest BCUT2D eigenvalue weighted by atomic mass is 9.98. The summed E-state index contributed by atoms with van der Waals surface area (Å²) >= 11 is 0. The number of rotatable bonds is 4. The van der Waals surface area contributed by atoms with Gasteiger partial charge >= 0.3 is 0 Å². The molecule has 1 amide bonds. The lowest BCUT2D eigenvalue weighted by Crippen LogP contribution is -2.43. The maximum atomic E-state index is 13.3. The second kappa shape index (κ2) is 7.03. The molecular formula is C19H21N3O3. The van der Waals surface area contributed by atoms with Crippen molar-refractivity contribution in [2.24, 2.45) is 0 Å². The molecule has 1 unspecified atom stereocenters. The van der Waals surface area contributed by atoms with E-state index in [4.69, 9.17) is 0 Å². The summed E-state index contributed by atoms with van der Waals surface area (Å²) in [7, 11) is 3.74. The number of nitro benzene ring substituents is 1. The zero-order chi connectivity index (χ0) is 18.0. The van der Waals surface area contributed by atoms with Crippen molar-refractivity contribution in [3.63, 3.8) is 0 Å². The molecule has 0 aliphatic carbocycles. The third-order valence-corrected chi connectivity index (χ3v) is 4.53. The quantitative estimate of drug-likeness (QED) is 0.634. The van der Waals surface area contributed by atoms with E-state index < -0.39 is 11.0 Å². The molecular weight excluding hydrogens is 318 g/mol. The molecule has 0 radical (unpaired) electrons. The maximum absolute atomic E-state index is 13.3. The van der Waals surface area contributed by atoms with E-state index in [-0.39, 0.29) is 11.6 Å². The van der Waals surface area contributed by atoms with E-state index in [1.807, 2.05) is 49.3 Å². The number of hydrogen-bond donors (Lipinski definition) is 0. The van der Waals surface area contributed by atoms with Crippen LogP contribution in [-0.4, -0.2) is 36.4 Å². The molecule has 3 rings (SSSR count). The first-order valence-corrected chi connectivity index (χ1v) is 8.29. The summed E-state index contributed by atoms with van der Waals surface area (Å²) in [6.45, 7) is 0.574. The molecule has 1 atom stereocenters.